The van der Waals surface area contributed by atoms with Gasteiger partial charge in [-0.05, 0) is 0 Å². The lowest BCUT2D eigenvalue weighted by Crippen LogP contribution is -2.70. The van der Waals surface area contributed by atoms with Crippen LogP contribution in [0.25, 0.3) is 0 Å². The largest absolute Gasteiger partial charge is 0.479 e. The van der Waals surface area contributed by atoms with Crippen LogP contribution in [0.4, 0.5) is 0 Å². The summed E-state index contributed by atoms with van der Waals surface area (Å²) in [6.45, 7) is -3.37. The van der Waals surface area contributed by atoms with Crippen LogP contribution in [0.1, 0.15) is 13.8 Å². The predicted molar refractivity (Wildman–Crippen MR) is 256 cm³/mol. The molecule has 0 aromatic rings. The summed E-state index contributed by atoms with van der Waals surface area (Å²) in [5, 5.41) is 230. The van der Waals surface area contributed by atoms with Gasteiger partial charge >= 0.3 is 11.9 Å². The highest BCUT2D eigenvalue weighted by Gasteiger charge is 2.60. The zero-order valence-corrected chi connectivity index (χ0v) is 45.1. The third-order valence-electron chi connectivity index (χ3n) is 15.3. The lowest BCUT2D eigenvalue weighted by molar-refractivity contribution is -0.397. The maximum absolute atomic E-state index is 12.8. The summed E-state index contributed by atoms with van der Waals surface area (Å²) >= 11 is 0. The van der Waals surface area contributed by atoms with Crippen LogP contribution in [0.5, 0.6) is 0 Å². The van der Waals surface area contributed by atoms with Gasteiger partial charge in [0.2, 0.25) is 11.8 Å². The van der Waals surface area contributed by atoms with Crippen molar-refractivity contribution in [2.45, 2.75) is 229 Å². The van der Waals surface area contributed by atoms with Crippen LogP contribution in [-0.2, 0) is 80.8 Å². The SMILES string of the molecule is CC(=O)N[C@H]1[C@H](O[C@H]2[C@H](O)[C@@H](O)[C@H](O[C@@H]3[C@@H](O[C@@H]4[C@H](O)[C@@H](O)[C@H](O[C@H]5[C@H](O)[C@@H](CO)O[C@@H](O[C@H]6[C@H](O)[C@@H](O)[C@H](O[C@H]7[C@@H](O)[C@H](O)[C@@H](CO)O[C@@H]7O)O[C@@H]6C(=O)O)[C@@H]5NC(C)=O)O[C@@H]4CO)O[C@H](CO)[C@@H](O)[C@@H]3O)O[C@@H]2C(=O)O)O[C@H](CO)[C@@H](O)[C@@H]1O. The van der Waals surface area contributed by atoms with E-state index in [1.807, 2.05) is 0 Å². The zero-order chi connectivity index (χ0) is 63.7. The van der Waals surface area contributed by atoms with E-state index in [9.17, 15) is 126 Å². The molecule has 0 aromatic heterocycles. The average Bonchev–Trinajstić information content (AvgIpc) is 1.56. The first kappa shape index (κ1) is 70.1. The Labute approximate surface area is 483 Å². The summed E-state index contributed by atoms with van der Waals surface area (Å²) in [5.41, 5.74) is 0. The van der Waals surface area contributed by atoms with Crippen molar-refractivity contribution in [3.8, 4) is 0 Å². The molecule has 7 aliphatic heterocycles. The molecule has 0 aliphatic carbocycles. The molecule has 40 nitrogen and oxygen atoms in total. The number of carbonyl (C=O) groups excluding carboxylic acids is 2. The molecule has 23 N–H and O–H groups in total. The van der Waals surface area contributed by atoms with Crippen LogP contribution < -0.4 is 10.6 Å². The number of carboxylic acid groups (broad SMARTS) is 2. The van der Waals surface area contributed by atoms with Gasteiger partial charge in [0.25, 0.3) is 0 Å². The van der Waals surface area contributed by atoms with E-state index < -0.39 is 272 Å². The normalized spacial score (nSPS) is 49.3. The lowest BCUT2D eigenvalue weighted by Gasteiger charge is -2.50. The summed E-state index contributed by atoms with van der Waals surface area (Å²) in [7, 11) is 0. The first-order chi connectivity index (χ1) is 40.5. The Morgan fingerprint density at radius 1 is 0.314 bits per heavy atom. The van der Waals surface area contributed by atoms with Gasteiger partial charge < -0.3 is 179 Å². The molecule has 7 saturated heterocycles. The molecule has 7 rings (SSSR count). The fourth-order valence-corrected chi connectivity index (χ4v) is 10.7. The number of ether oxygens (including phenoxy) is 13. The van der Waals surface area contributed by atoms with E-state index in [1.165, 1.54) is 0 Å². The minimum absolute atomic E-state index is 0.826. The van der Waals surface area contributed by atoms with Crippen molar-refractivity contribution in [1.82, 2.24) is 10.6 Å². The number of amides is 2. The highest BCUT2D eigenvalue weighted by Crippen LogP contribution is 2.38. The van der Waals surface area contributed by atoms with E-state index in [2.05, 4.69) is 10.6 Å². The molecule has 0 radical (unpaired) electrons. The molecule has 0 aromatic carbocycles. The van der Waals surface area contributed by atoms with Crippen LogP contribution in [0, 0.1) is 0 Å². The number of aliphatic carboxylic acids is 2. The minimum atomic E-state index is -2.43. The molecule has 0 saturated carbocycles. The number of rotatable bonds is 21. The number of carbonyl (C=O) groups is 4. The molecule has 86 heavy (non-hydrogen) atoms. The predicted octanol–water partition coefficient (Wildman–Crippen LogP) is -15.8. The molecule has 35 atom stereocenters. The lowest BCUT2D eigenvalue weighted by atomic mass is 9.94. The van der Waals surface area contributed by atoms with Crippen LogP contribution in [0.3, 0.4) is 0 Å². The van der Waals surface area contributed by atoms with Gasteiger partial charge in [-0.25, -0.2) is 9.59 Å². The quantitative estimate of drug-likeness (QED) is 0.0507. The second kappa shape index (κ2) is 29.7. The molecule has 2 amide bonds. The minimum Gasteiger partial charge on any atom is -0.479 e. The Balaban J connectivity index is 1.08. The zero-order valence-electron chi connectivity index (χ0n) is 45.1. The monoisotopic (exact) mass is 1260 g/mol. The van der Waals surface area contributed by atoms with Gasteiger partial charge in [-0.15, -0.1) is 0 Å². The second-order valence-corrected chi connectivity index (χ2v) is 21.1. The van der Waals surface area contributed by atoms with Crippen LogP contribution in [0.2, 0.25) is 0 Å². The van der Waals surface area contributed by atoms with Gasteiger partial charge in [-0.2, -0.15) is 0 Å². The van der Waals surface area contributed by atoms with Crippen molar-refractivity contribution < 1.29 is 188 Å². The maximum atomic E-state index is 12.8. The fourth-order valence-electron chi connectivity index (χ4n) is 10.7. The maximum Gasteiger partial charge on any atom is 0.335 e. The number of aliphatic hydroxyl groups is 19. The average molecular weight is 1260 g/mol. The molecule has 7 aliphatic rings. The third-order valence-corrected chi connectivity index (χ3v) is 15.3. The van der Waals surface area contributed by atoms with E-state index >= 15 is 0 Å². The Morgan fingerprint density at radius 3 is 1.08 bits per heavy atom. The fraction of sp³-hybridized carbons (Fsp3) is 0.913. The molecule has 0 bridgehead atoms. The number of hydrogen-bond acceptors (Lipinski definition) is 36. The summed E-state index contributed by atoms with van der Waals surface area (Å²) < 4.78 is 72.6. The molecule has 0 unspecified atom stereocenters. The summed E-state index contributed by atoms with van der Waals surface area (Å²) in [6, 6.07) is -3.65. The molecule has 40 heteroatoms. The van der Waals surface area contributed by atoms with Gasteiger partial charge in [-0.1, -0.05) is 0 Å². The van der Waals surface area contributed by atoms with Crippen molar-refractivity contribution in [2.75, 3.05) is 33.0 Å². The van der Waals surface area contributed by atoms with Crippen molar-refractivity contribution in [1.29, 1.82) is 0 Å². The summed E-state index contributed by atoms with van der Waals surface area (Å²) in [5.74, 6) is -5.68. The standard InChI is InChI=1S/C46H74N2O38/c1-8(54)47-15-21(60)17(56)11(4-50)75-41(15)81-32-26(65)29(68)45(86-36(32)38(69)70)84-35-23(62)19(58)12(5-51)77-46(35)79-30-14(7-53)78-43(27(66)24(30)63)80-31-16(48-9(2)55)42(76-13(6-52)20(31)59)82-33-25(64)28(67)44(85-37(33)39(71)72)83-34-22(61)18(57)10(3-49)74-40(34)73/h10-37,40-46,49-53,56-68,73H,3-7H2,1-2H3,(H,47,54)(H,48,55)(H,69,70)(H,71,72)/t10-,11-,12-,13-,14-,15-,16-,17-,18-,19-,20-,21-,22+,23+,24-,25-,26-,27-,28-,29-,30+,31-,32+,33+,34+,35+,36+,37+,40+,41+,42+,43+,44-,45-,46-/m1/s1. The molecule has 7 heterocycles. The van der Waals surface area contributed by atoms with Crippen molar-refractivity contribution in [3.05, 3.63) is 0 Å². The van der Waals surface area contributed by atoms with E-state index in [1.54, 1.807) is 0 Å². The molecular formula is C46H74N2O38. The van der Waals surface area contributed by atoms with E-state index in [0.29, 0.717) is 0 Å². The number of hydrogen-bond donors (Lipinski definition) is 23. The Hall–Kier alpha value is -3.40. The van der Waals surface area contributed by atoms with Gasteiger partial charge in [-0.3, -0.25) is 9.59 Å². The first-order valence-electron chi connectivity index (χ1n) is 26.6. The summed E-state index contributed by atoms with van der Waals surface area (Å²) in [4.78, 5) is 50.1. The highest BCUT2D eigenvalue weighted by molar-refractivity contribution is 5.75. The Morgan fingerprint density at radius 2 is 0.628 bits per heavy atom. The molecule has 496 valence electrons. The highest BCUT2D eigenvalue weighted by atomic mass is 16.8. The second-order valence-electron chi connectivity index (χ2n) is 21.1. The third kappa shape index (κ3) is 14.7. The van der Waals surface area contributed by atoms with Crippen LogP contribution >= 0.6 is 0 Å². The van der Waals surface area contributed by atoms with Gasteiger partial charge in [0.05, 0.1) is 33.0 Å². The van der Waals surface area contributed by atoms with Crippen LogP contribution in [-0.4, -0.2) is 379 Å². The van der Waals surface area contributed by atoms with E-state index in [4.69, 9.17) is 61.6 Å². The Kier molecular flexibility index (Phi) is 24.2. The Bertz CT molecular complexity index is 2230. The van der Waals surface area contributed by atoms with E-state index in [0.717, 1.165) is 13.8 Å². The molecular weight excluding hydrogens is 1190 g/mol. The van der Waals surface area contributed by atoms with Crippen molar-refractivity contribution in [3.63, 3.8) is 0 Å². The smallest absolute Gasteiger partial charge is 0.335 e. The van der Waals surface area contributed by atoms with Crippen molar-refractivity contribution >= 4 is 23.8 Å². The molecule has 0 spiro atoms. The van der Waals surface area contributed by atoms with E-state index in [-0.39, 0.29) is 0 Å². The molecule has 7 fully saturated rings. The number of carboxylic acids is 2. The van der Waals surface area contributed by atoms with Crippen molar-refractivity contribution in [2.24, 2.45) is 0 Å². The number of aliphatic hydroxyl groups excluding tert-OH is 19. The first-order valence-corrected chi connectivity index (χ1v) is 26.6. The number of nitrogens with one attached hydrogen (secondary N) is 2. The van der Waals surface area contributed by atoms with Gasteiger partial charge in [0.15, 0.2) is 56.2 Å². The van der Waals surface area contributed by atoms with Gasteiger partial charge in [0.1, 0.15) is 159 Å². The van der Waals surface area contributed by atoms with Gasteiger partial charge in [0, 0.05) is 13.8 Å². The van der Waals surface area contributed by atoms with Crippen LogP contribution in [0.15, 0.2) is 0 Å². The topological polar surface area (TPSA) is 637 Å². The summed E-state index contributed by atoms with van der Waals surface area (Å²) in [6.07, 6.45) is -70.6.